The van der Waals surface area contributed by atoms with Crippen LogP contribution in [0.4, 0.5) is 0 Å². The van der Waals surface area contributed by atoms with Crippen molar-refractivity contribution >= 4 is 29.4 Å². The molecule has 3 aliphatic heterocycles. The molecular weight excluding hydrogens is 423 g/mol. The molecule has 158 valence electrons. The van der Waals surface area contributed by atoms with E-state index >= 15 is 0 Å². The summed E-state index contributed by atoms with van der Waals surface area (Å²) in [6, 6.07) is 28.1. The molecule has 2 bridgehead atoms. The number of fused-ring (bicyclic) bond motifs is 3. The summed E-state index contributed by atoms with van der Waals surface area (Å²) in [5.41, 5.74) is 3.60. The molecular formula is C27H26Cl2N2. The van der Waals surface area contributed by atoms with Crippen molar-refractivity contribution in [3.05, 3.63) is 106 Å². The molecule has 0 spiro atoms. The molecule has 3 aromatic rings. The van der Waals surface area contributed by atoms with E-state index in [0.29, 0.717) is 22.0 Å². The molecule has 0 saturated carbocycles. The molecule has 2 unspecified atom stereocenters. The Bertz CT molecular complexity index is 1000. The van der Waals surface area contributed by atoms with Gasteiger partial charge in [-0.25, -0.2) is 0 Å². The Hall–Kier alpha value is -2.13. The molecule has 0 aromatic heterocycles. The third-order valence-corrected chi connectivity index (χ3v) is 7.69. The quantitative estimate of drug-likeness (QED) is 0.396. The highest BCUT2D eigenvalue weighted by Crippen LogP contribution is 2.43. The van der Waals surface area contributed by atoms with E-state index in [-0.39, 0.29) is 12.0 Å². The first-order chi connectivity index (χ1) is 15.2. The van der Waals surface area contributed by atoms with Gasteiger partial charge >= 0.3 is 0 Å². The van der Waals surface area contributed by atoms with Crippen molar-refractivity contribution < 1.29 is 0 Å². The van der Waals surface area contributed by atoms with Gasteiger partial charge in [-0.3, -0.25) is 9.89 Å². The molecule has 2 nitrogen and oxygen atoms in total. The van der Waals surface area contributed by atoms with Crippen molar-refractivity contribution in [3.8, 4) is 0 Å². The maximum Gasteiger partial charge on any atom is 0.0693 e. The summed E-state index contributed by atoms with van der Waals surface area (Å²) in [4.78, 5) is 7.84. The van der Waals surface area contributed by atoms with Crippen molar-refractivity contribution in [2.75, 3.05) is 13.1 Å². The molecule has 3 saturated heterocycles. The number of aliphatic imine (C=N–C) groups is 1. The predicted molar refractivity (Wildman–Crippen MR) is 131 cm³/mol. The van der Waals surface area contributed by atoms with Gasteiger partial charge in [-0.2, -0.15) is 0 Å². The largest absolute Gasteiger partial charge is 0.297 e. The van der Waals surface area contributed by atoms with Crippen LogP contribution >= 0.6 is 23.2 Å². The second kappa shape index (κ2) is 9.16. The van der Waals surface area contributed by atoms with Crippen LogP contribution in [0.25, 0.3) is 0 Å². The van der Waals surface area contributed by atoms with Crippen molar-refractivity contribution in [3.63, 3.8) is 0 Å². The van der Waals surface area contributed by atoms with E-state index in [4.69, 9.17) is 28.2 Å². The molecule has 0 radical (unpaired) electrons. The average Bonchev–Trinajstić information content (AvgIpc) is 2.83. The van der Waals surface area contributed by atoms with Gasteiger partial charge in [0.2, 0.25) is 0 Å². The molecule has 4 heteroatoms. The van der Waals surface area contributed by atoms with E-state index in [1.165, 1.54) is 24.0 Å². The van der Waals surface area contributed by atoms with Gasteiger partial charge in [-0.15, -0.1) is 0 Å². The van der Waals surface area contributed by atoms with Crippen LogP contribution in [0.15, 0.2) is 83.9 Å². The zero-order valence-corrected chi connectivity index (χ0v) is 18.9. The van der Waals surface area contributed by atoms with Crippen LogP contribution in [0, 0.1) is 5.92 Å². The maximum absolute atomic E-state index is 6.45. The van der Waals surface area contributed by atoms with Gasteiger partial charge in [0.05, 0.1) is 16.1 Å². The van der Waals surface area contributed by atoms with E-state index in [2.05, 4.69) is 65.6 Å². The highest BCUT2D eigenvalue weighted by molar-refractivity contribution is 6.43. The van der Waals surface area contributed by atoms with Gasteiger partial charge in [0.25, 0.3) is 0 Å². The van der Waals surface area contributed by atoms with Gasteiger partial charge in [0.1, 0.15) is 0 Å². The minimum atomic E-state index is 0.225. The Balaban J connectivity index is 1.56. The van der Waals surface area contributed by atoms with Gasteiger partial charge in [-0.05, 0) is 49.0 Å². The van der Waals surface area contributed by atoms with Crippen LogP contribution in [0.3, 0.4) is 0 Å². The van der Waals surface area contributed by atoms with Crippen LogP contribution in [0.1, 0.15) is 35.4 Å². The molecule has 0 N–H and O–H groups in total. The van der Waals surface area contributed by atoms with Crippen molar-refractivity contribution in [2.24, 2.45) is 10.9 Å². The summed E-state index contributed by atoms with van der Waals surface area (Å²) in [7, 11) is 0. The lowest BCUT2D eigenvalue weighted by molar-refractivity contribution is 0.0215. The second-order valence-electron chi connectivity index (χ2n) is 8.57. The topological polar surface area (TPSA) is 15.6 Å². The van der Waals surface area contributed by atoms with Crippen molar-refractivity contribution in [1.29, 1.82) is 0 Å². The Morgan fingerprint density at radius 2 is 1.42 bits per heavy atom. The third-order valence-electron chi connectivity index (χ3n) is 6.85. The van der Waals surface area contributed by atoms with Gasteiger partial charge in [0, 0.05) is 23.7 Å². The summed E-state index contributed by atoms with van der Waals surface area (Å²) in [5.74, 6) is 0.876. The monoisotopic (exact) mass is 448 g/mol. The van der Waals surface area contributed by atoms with Crippen LogP contribution in [0.2, 0.25) is 10.0 Å². The Morgan fingerprint density at radius 3 is 2.03 bits per heavy atom. The summed E-state index contributed by atoms with van der Waals surface area (Å²) < 4.78 is 0. The number of piperidine rings is 3. The van der Waals surface area contributed by atoms with E-state index < -0.39 is 0 Å². The summed E-state index contributed by atoms with van der Waals surface area (Å²) in [6.07, 6.45) is 4.36. The number of hydrogen-bond donors (Lipinski definition) is 0. The Morgan fingerprint density at radius 1 is 0.806 bits per heavy atom. The van der Waals surface area contributed by atoms with Gasteiger partial charge in [0.15, 0.2) is 0 Å². The zero-order valence-electron chi connectivity index (χ0n) is 17.4. The standard InChI is InChI=1S/C27H26Cl2N2/c28-23-13-7-12-22(25(23)29)18-30-26-21-14-16-31(17-15-21)27(26)24(19-8-3-1-4-9-19)20-10-5-2-6-11-20/h1-13,18,21,24,26-27H,14-17H2. The highest BCUT2D eigenvalue weighted by atomic mass is 35.5. The van der Waals surface area contributed by atoms with E-state index in [1.807, 2.05) is 24.4 Å². The van der Waals surface area contributed by atoms with Crippen LogP contribution in [-0.2, 0) is 0 Å². The fourth-order valence-electron chi connectivity index (χ4n) is 5.37. The lowest BCUT2D eigenvalue weighted by Gasteiger charge is -2.52. The van der Waals surface area contributed by atoms with Crippen LogP contribution in [0.5, 0.6) is 0 Å². The summed E-state index contributed by atoms with van der Waals surface area (Å²) in [5, 5.41) is 1.15. The van der Waals surface area contributed by atoms with E-state index in [0.717, 1.165) is 18.7 Å². The molecule has 3 aliphatic rings. The molecule has 0 amide bonds. The molecule has 3 fully saturated rings. The number of halogens is 2. The maximum atomic E-state index is 6.45. The minimum absolute atomic E-state index is 0.225. The minimum Gasteiger partial charge on any atom is -0.297 e. The zero-order chi connectivity index (χ0) is 21.2. The Labute approximate surface area is 194 Å². The molecule has 2 atom stereocenters. The smallest absolute Gasteiger partial charge is 0.0693 e. The predicted octanol–water partition coefficient (Wildman–Crippen LogP) is 6.71. The lowest BCUT2D eigenvalue weighted by Crippen LogP contribution is -2.59. The first-order valence-corrected chi connectivity index (χ1v) is 11.8. The lowest BCUT2D eigenvalue weighted by atomic mass is 9.71. The van der Waals surface area contributed by atoms with Crippen molar-refractivity contribution in [1.82, 2.24) is 4.90 Å². The number of rotatable bonds is 5. The fourth-order valence-corrected chi connectivity index (χ4v) is 5.72. The molecule has 6 rings (SSSR count). The fraction of sp³-hybridized carbons (Fsp3) is 0.296. The third kappa shape index (κ3) is 4.17. The van der Waals surface area contributed by atoms with E-state index in [1.54, 1.807) is 0 Å². The average molecular weight is 449 g/mol. The van der Waals surface area contributed by atoms with Crippen molar-refractivity contribution in [2.45, 2.75) is 30.8 Å². The molecule has 3 heterocycles. The molecule has 0 aliphatic carbocycles. The summed E-state index contributed by atoms with van der Waals surface area (Å²) >= 11 is 12.7. The number of nitrogens with zero attached hydrogens (tertiary/aromatic N) is 2. The number of benzene rings is 3. The summed E-state index contributed by atoms with van der Waals surface area (Å²) in [6.45, 7) is 2.30. The molecule has 3 aromatic carbocycles. The number of hydrogen-bond acceptors (Lipinski definition) is 2. The van der Waals surface area contributed by atoms with Gasteiger partial charge < -0.3 is 0 Å². The normalized spacial score (nSPS) is 25.4. The van der Waals surface area contributed by atoms with E-state index in [9.17, 15) is 0 Å². The first-order valence-electron chi connectivity index (χ1n) is 11.0. The van der Waals surface area contributed by atoms with Crippen LogP contribution in [-0.4, -0.2) is 36.3 Å². The first kappa shape index (κ1) is 20.8. The highest BCUT2D eigenvalue weighted by Gasteiger charge is 2.46. The van der Waals surface area contributed by atoms with Gasteiger partial charge in [-0.1, -0.05) is 96.0 Å². The molecule has 31 heavy (non-hydrogen) atoms. The van der Waals surface area contributed by atoms with Crippen LogP contribution < -0.4 is 0 Å². The Kier molecular flexibility index (Phi) is 6.13. The SMILES string of the molecule is Clc1cccc(C=NC2C3CCN(CC3)C2C(c2ccccc2)c2ccccc2)c1Cl. The second-order valence-corrected chi connectivity index (χ2v) is 9.36.